The Morgan fingerprint density at radius 3 is 3.11 bits per heavy atom. The summed E-state index contributed by atoms with van der Waals surface area (Å²) in [6, 6.07) is 0. The molecule has 1 aliphatic rings. The van der Waals surface area contributed by atoms with E-state index in [2.05, 4.69) is 20.2 Å². The molecule has 0 radical (unpaired) electrons. The van der Waals surface area contributed by atoms with Crippen LogP contribution in [-0.2, 0) is 4.74 Å². The molecule has 1 aromatic heterocycles. The van der Waals surface area contributed by atoms with E-state index in [1.807, 2.05) is 14.0 Å². The Labute approximate surface area is 107 Å². The molecule has 1 N–H and O–H groups in total. The van der Waals surface area contributed by atoms with Crippen molar-refractivity contribution in [2.75, 3.05) is 45.3 Å². The molecular weight excluding hydrogens is 232 g/mol. The van der Waals surface area contributed by atoms with Crippen molar-refractivity contribution in [2.24, 2.45) is 0 Å². The van der Waals surface area contributed by atoms with E-state index in [0.29, 0.717) is 5.88 Å². The number of methoxy groups -OCH3 is 1. The van der Waals surface area contributed by atoms with Crippen LogP contribution in [0.5, 0.6) is 5.88 Å². The lowest BCUT2D eigenvalue weighted by atomic mass is 10.2. The first-order valence-corrected chi connectivity index (χ1v) is 6.13. The van der Waals surface area contributed by atoms with Crippen molar-refractivity contribution in [3.63, 3.8) is 0 Å². The van der Waals surface area contributed by atoms with Gasteiger partial charge in [0.25, 0.3) is 0 Å². The average Bonchev–Trinajstić information content (AvgIpc) is 2.40. The molecule has 0 saturated carbocycles. The quantitative estimate of drug-likeness (QED) is 0.827. The lowest BCUT2D eigenvalue weighted by molar-refractivity contribution is 0.0418. The first-order valence-electron chi connectivity index (χ1n) is 6.13. The third kappa shape index (κ3) is 2.70. The Hall–Kier alpha value is -1.40. The molecule has 6 nitrogen and oxygen atoms in total. The van der Waals surface area contributed by atoms with E-state index in [4.69, 9.17) is 9.47 Å². The highest BCUT2D eigenvalue weighted by atomic mass is 16.5. The molecule has 1 unspecified atom stereocenters. The molecule has 2 heterocycles. The van der Waals surface area contributed by atoms with Crippen LogP contribution in [0.15, 0.2) is 6.33 Å². The van der Waals surface area contributed by atoms with Crippen LogP contribution in [0.3, 0.4) is 0 Å². The summed E-state index contributed by atoms with van der Waals surface area (Å²) in [4.78, 5) is 10.7. The Morgan fingerprint density at radius 1 is 1.56 bits per heavy atom. The van der Waals surface area contributed by atoms with Gasteiger partial charge in [-0.15, -0.1) is 0 Å². The number of rotatable bonds is 4. The van der Waals surface area contributed by atoms with Gasteiger partial charge < -0.3 is 19.7 Å². The van der Waals surface area contributed by atoms with Crippen LogP contribution in [-0.4, -0.2) is 56.5 Å². The highest BCUT2D eigenvalue weighted by molar-refractivity contribution is 5.50. The van der Waals surface area contributed by atoms with Gasteiger partial charge in [-0.05, 0) is 14.0 Å². The zero-order chi connectivity index (χ0) is 13.0. The van der Waals surface area contributed by atoms with Gasteiger partial charge in [0.1, 0.15) is 12.1 Å². The van der Waals surface area contributed by atoms with Crippen LogP contribution in [0.2, 0.25) is 0 Å². The largest absolute Gasteiger partial charge is 0.481 e. The fourth-order valence-electron chi connectivity index (χ4n) is 2.21. The van der Waals surface area contributed by atoms with Gasteiger partial charge in [0.05, 0.1) is 25.4 Å². The van der Waals surface area contributed by atoms with Crippen molar-refractivity contribution in [3.8, 4) is 5.88 Å². The van der Waals surface area contributed by atoms with Crippen molar-refractivity contribution >= 4 is 5.82 Å². The number of nitrogens with one attached hydrogen (secondary N) is 1. The molecule has 1 aliphatic heterocycles. The topological polar surface area (TPSA) is 59.5 Å². The molecule has 6 heteroatoms. The molecular formula is C12H20N4O2. The lowest BCUT2D eigenvalue weighted by Gasteiger charge is -2.34. The molecule has 0 bridgehead atoms. The summed E-state index contributed by atoms with van der Waals surface area (Å²) < 4.78 is 10.9. The van der Waals surface area contributed by atoms with Crippen LogP contribution in [0.1, 0.15) is 5.56 Å². The number of anilines is 1. The number of likely N-dealkylation sites (N-methyl/N-ethyl adjacent to an activating group) is 1. The maximum atomic E-state index is 5.69. The smallest absolute Gasteiger partial charge is 0.221 e. The molecule has 18 heavy (non-hydrogen) atoms. The van der Waals surface area contributed by atoms with Crippen molar-refractivity contribution in [2.45, 2.75) is 13.0 Å². The molecule has 0 spiro atoms. The average molecular weight is 252 g/mol. The van der Waals surface area contributed by atoms with Crippen LogP contribution in [0, 0.1) is 6.92 Å². The monoisotopic (exact) mass is 252 g/mol. The van der Waals surface area contributed by atoms with Gasteiger partial charge in [0, 0.05) is 19.6 Å². The molecule has 0 aromatic carbocycles. The van der Waals surface area contributed by atoms with E-state index >= 15 is 0 Å². The SMILES string of the molecule is CNCC1CN(c2ncnc(OC)c2C)CCO1. The Kier molecular flexibility index (Phi) is 4.33. The Bertz CT molecular complexity index is 398. The van der Waals surface area contributed by atoms with E-state index in [9.17, 15) is 0 Å². The third-order valence-corrected chi connectivity index (χ3v) is 3.07. The van der Waals surface area contributed by atoms with E-state index in [1.165, 1.54) is 0 Å². The maximum absolute atomic E-state index is 5.69. The summed E-state index contributed by atoms with van der Waals surface area (Å²) in [6.07, 6.45) is 1.74. The van der Waals surface area contributed by atoms with Gasteiger partial charge in [0.15, 0.2) is 0 Å². The maximum Gasteiger partial charge on any atom is 0.221 e. The van der Waals surface area contributed by atoms with Crippen molar-refractivity contribution in [1.82, 2.24) is 15.3 Å². The van der Waals surface area contributed by atoms with Crippen molar-refractivity contribution < 1.29 is 9.47 Å². The molecule has 2 rings (SSSR count). The normalized spacial score (nSPS) is 19.9. The Balaban J connectivity index is 2.15. The summed E-state index contributed by atoms with van der Waals surface area (Å²) >= 11 is 0. The van der Waals surface area contributed by atoms with Crippen molar-refractivity contribution in [3.05, 3.63) is 11.9 Å². The van der Waals surface area contributed by atoms with Gasteiger partial charge in [-0.2, -0.15) is 0 Å². The van der Waals surface area contributed by atoms with Gasteiger partial charge in [0.2, 0.25) is 5.88 Å². The predicted octanol–water partition coefficient (Wildman–Crippen LogP) is 0.218. The minimum Gasteiger partial charge on any atom is -0.481 e. The number of morpholine rings is 1. The van der Waals surface area contributed by atoms with Crippen LogP contribution in [0.25, 0.3) is 0 Å². The molecule has 0 aliphatic carbocycles. The molecule has 0 amide bonds. The zero-order valence-corrected chi connectivity index (χ0v) is 11.1. The van der Waals surface area contributed by atoms with Gasteiger partial charge in [-0.1, -0.05) is 0 Å². The summed E-state index contributed by atoms with van der Waals surface area (Å²) in [6.45, 7) is 5.23. The standard InChI is InChI=1S/C12H20N4O2/c1-9-11(14-8-15-12(9)17-3)16-4-5-18-10(7-16)6-13-2/h8,10,13H,4-7H2,1-3H3. The van der Waals surface area contributed by atoms with Gasteiger partial charge in [-0.25, -0.2) is 9.97 Å². The number of ether oxygens (including phenoxy) is 2. The minimum atomic E-state index is 0.198. The summed E-state index contributed by atoms with van der Waals surface area (Å²) in [5.74, 6) is 1.57. The second-order valence-corrected chi connectivity index (χ2v) is 4.33. The first kappa shape index (κ1) is 13.0. The summed E-state index contributed by atoms with van der Waals surface area (Å²) in [5.41, 5.74) is 0.977. The third-order valence-electron chi connectivity index (χ3n) is 3.07. The number of hydrogen-bond donors (Lipinski definition) is 1. The molecule has 1 aromatic rings. The van der Waals surface area contributed by atoms with Crippen molar-refractivity contribution in [1.29, 1.82) is 0 Å². The van der Waals surface area contributed by atoms with E-state index in [-0.39, 0.29) is 6.10 Å². The van der Waals surface area contributed by atoms with Gasteiger partial charge in [-0.3, -0.25) is 0 Å². The fourth-order valence-corrected chi connectivity index (χ4v) is 2.21. The lowest BCUT2D eigenvalue weighted by Crippen LogP contribution is -2.46. The predicted molar refractivity (Wildman–Crippen MR) is 69.2 cm³/mol. The highest BCUT2D eigenvalue weighted by Crippen LogP contribution is 2.24. The second-order valence-electron chi connectivity index (χ2n) is 4.33. The van der Waals surface area contributed by atoms with Crippen LogP contribution in [0.4, 0.5) is 5.82 Å². The molecule has 1 atom stereocenters. The fraction of sp³-hybridized carbons (Fsp3) is 0.667. The number of aromatic nitrogens is 2. The van der Waals surface area contributed by atoms with Crippen LogP contribution >= 0.6 is 0 Å². The Morgan fingerprint density at radius 2 is 2.39 bits per heavy atom. The van der Waals surface area contributed by atoms with E-state index in [1.54, 1.807) is 13.4 Å². The first-order chi connectivity index (χ1) is 8.76. The zero-order valence-electron chi connectivity index (χ0n) is 11.1. The molecule has 100 valence electrons. The number of hydrogen-bond acceptors (Lipinski definition) is 6. The number of nitrogens with zero attached hydrogens (tertiary/aromatic N) is 3. The molecule has 1 fully saturated rings. The van der Waals surface area contributed by atoms with E-state index in [0.717, 1.165) is 37.6 Å². The van der Waals surface area contributed by atoms with Gasteiger partial charge >= 0.3 is 0 Å². The summed E-state index contributed by atoms with van der Waals surface area (Å²) in [7, 11) is 3.56. The summed E-state index contributed by atoms with van der Waals surface area (Å²) in [5, 5.41) is 3.14. The van der Waals surface area contributed by atoms with E-state index < -0.39 is 0 Å². The highest BCUT2D eigenvalue weighted by Gasteiger charge is 2.23. The second kappa shape index (κ2) is 5.97. The molecule has 1 saturated heterocycles. The van der Waals surface area contributed by atoms with Crippen LogP contribution < -0.4 is 15.0 Å². The minimum absolute atomic E-state index is 0.198.